The lowest BCUT2D eigenvalue weighted by Crippen LogP contribution is -2.26. The van der Waals surface area contributed by atoms with Gasteiger partial charge in [0.25, 0.3) is 5.91 Å². The zero-order valence-corrected chi connectivity index (χ0v) is 16.4. The van der Waals surface area contributed by atoms with E-state index in [9.17, 15) is 14.9 Å². The molecule has 0 bridgehead atoms. The van der Waals surface area contributed by atoms with Gasteiger partial charge in [0.2, 0.25) is 0 Å². The number of benzene rings is 2. The molecule has 1 amide bonds. The second-order valence-electron chi connectivity index (χ2n) is 5.91. The van der Waals surface area contributed by atoms with E-state index in [0.717, 1.165) is 5.56 Å². The van der Waals surface area contributed by atoms with Crippen molar-refractivity contribution < 1.29 is 23.9 Å². The molecule has 2 aromatic rings. The normalized spacial score (nSPS) is 11.4. The fraction of sp³-hybridized carbons (Fsp3) is 0.350. The van der Waals surface area contributed by atoms with Crippen molar-refractivity contribution in [3.63, 3.8) is 0 Å². The fourth-order valence-electron chi connectivity index (χ4n) is 2.67. The van der Waals surface area contributed by atoms with Gasteiger partial charge in [0.1, 0.15) is 0 Å². The SMILES string of the molecule is CCOc1ccc([C@@H](C)NC(=O)c2ccc(OC)c([N+](=O)[O-])c2)cc1OCC. The second kappa shape index (κ2) is 9.59. The molecule has 0 radical (unpaired) electrons. The van der Waals surface area contributed by atoms with Crippen molar-refractivity contribution in [1.29, 1.82) is 0 Å². The summed E-state index contributed by atoms with van der Waals surface area (Å²) >= 11 is 0. The Morgan fingerprint density at radius 1 is 1.07 bits per heavy atom. The van der Waals surface area contributed by atoms with E-state index in [0.29, 0.717) is 24.7 Å². The van der Waals surface area contributed by atoms with Crippen molar-refractivity contribution in [1.82, 2.24) is 5.32 Å². The Labute approximate surface area is 163 Å². The van der Waals surface area contributed by atoms with Gasteiger partial charge in [-0.1, -0.05) is 6.07 Å². The number of nitrogens with zero attached hydrogens (tertiary/aromatic N) is 1. The zero-order valence-electron chi connectivity index (χ0n) is 16.4. The Kier molecular flexibility index (Phi) is 7.20. The van der Waals surface area contributed by atoms with Gasteiger partial charge in [0.15, 0.2) is 17.2 Å². The molecular formula is C20H24N2O6. The molecule has 2 rings (SSSR count). The molecule has 8 nitrogen and oxygen atoms in total. The third-order valence-electron chi connectivity index (χ3n) is 4.05. The van der Waals surface area contributed by atoms with E-state index in [1.165, 1.54) is 25.3 Å². The van der Waals surface area contributed by atoms with Crippen LogP contribution in [0.25, 0.3) is 0 Å². The van der Waals surface area contributed by atoms with Crippen LogP contribution in [-0.2, 0) is 0 Å². The Hall–Kier alpha value is -3.29. The summed E-state index contributed by atoms with van der Waals surface area (Å²) in [4.78, 5) is 23.1. The number of ether oxygens (including phenoxy) is 3. The maximum atomic E-state index is 12.6. The van der Waals surface area contributed by atoms with Crippen molar-refractivity contribution in [2.75, 3.05) is 20.3 Å². The molecule has 0 aromatic heterocycles. The largest absolute Gasteiger partial charge is 0.490 e. The molecule has 0 aliphatic carbocycles. The molecule has 0 heterocycles. The van der Waals surface area contributed by atoms with E-state index in [2.05, 4.69) is 5.32 Å². The molecule has 8 heteroatoms. The number of hydrogen-bond acceptors (Lipinski definition) is 6. The highest BCUT2D eigenvalue weighted by Crippen LogP contribution is 2.31. The minimum absolute atomic E-state index is 0.0995. The maximum Gasteiger partial charge on any atom is 0.311 e. The lowest BCUT2D eigenvalue weighted by molar-refractivity contribution is -0.385. The first-order chi connectivity index (χ1) is 13.4. The van der Waals surface area contributed by atoms with Gasteiger partial charge in [-0.3, -0.25) is 14.9 Å². The number of nitro benzene ring substituents is 1. The molecule has 0 aliphatic rings. The van der Waals surface area contributed by atoms with Crippen LogP contribution in [0.3, 0.4) is 0 Å². The monoisotopic (exact) mass is 388 g/mol. The van der Waals surface area contributed by atoms with Crippen molar-refractivity contribution in [2.45, 2.75) is 26.8 Å². The Balaban J connectivity index is 2.21. The highest BCUT2D eigenvalue weighted by Gasteiger charge is 2.20. The first kappa shape index (κ1) is 21.0. The van der Waals surface area contributed by atoms with Crippen molar-refractivity contribution >= 4 is 11.6 Å². The number of carbonyl (C=O) groups excluding carboxylic acids is 1. The molecule has 0 aliphatic heterocycles. The molecule has 28 heavy (non-hydrogen) atoms. The van der Waals surface area contributed by atoms with E-state index in [4.69, 9.17) is 14.2 Å². The number of carbonyl (C=O) groups is 1. The number of rotatable bonds is 9. The summed E-state index contributed by atoms with van der Waals surface area (Å²) in [6.07, 6.45) is 0. The first-order valence-corrected chi connectivity index (χ1v) is 8.94. The van der Waals surface area contributed by atoms with Crippen LogP contribution >= 0.6 is 0 Å². The molecule has 0 saturated carbocycles. The minimum atomic E-state index is -0.583. The van der Waals surface area contributed by atoms with Crippen molar-refractivity contribution in [3.05, 3.63) is 57.6 Å². The maximum absolute atomic E-state index is 12.6. The highest BCUT2D eigenvalue weighted by molar-refractivity contribution is 5.95. The molecule has 0 saturated heterocycles. The predicted molar refractivity (Wildman–Crippen MR) is 104 cm³/mol. The number of nitro groups is 1. The minimum Gasteiger partial charge on any atom is -0.490 e. The summed E-state index contributed by atoms with van der Waals surface area (Å²) < 4.78 is 16.1. The summed E-state index contributed by atoms with van der Waals surface area (Å²) in [5, 5.41) is 14.0. The van der Waals surface area contributed by atoms with Crippen LogP contribution in [0.4, 0.5) is 5.69 Å². The van der Waals surface area contributed by atoms with Gasteiger partial charge >= 0.3 is 5.69 Å². The van der Waals surface area contributed by atoms with Gasteiger partial charge in [0, 0.05) is 11.6 Å². The lowest BCUT2D eigenvalue weighted by Gasteiger charge is -2.17. The molecule has 1 N–H and O–H groups in total. The molecule has 1 atom stereocenters. The van der Waals surface area contributed by atoms with Crippen LogP contribution in [0.2, 0.25) is 0 Å². The summed E-state index contributed by atoms with van der Waals surface area (Å²) in [6.45, 7) is 6.59. The molecule has 150 valence electrons. The average Bonchev–Trinajstić information content (AvgIpc) is 2.68. The van der Waals surface area contributed by atoms with E-state index in [1.54, 1.807) is 6.07 Å². The van der Waals surface area contributed by atoms with Crippen molar-refractivity contribution in [2.24, 2.45) is 0 Å². The van der Waals surface area contributed by atoms with E-state index in [-0.39, 0.29) is 23.0 Å². The van der Waals surface area contributed by atoms with Crippen LogP contribution in [0.15, 0.2) is 36.4 Å². The van der Waals surface area contributed by atoms with E-state index in [1.807, 2.05) is 32.9 Å². The molecule has 0 spiro atoms. The van der Waals surface area contributed by atoms with Gasteiger partial charge < -0.3 is 19.5 Å². The van der Waals surface area contributed by atoms with Crippen LogP contribution < -0.4 is 19.5 Å². The van der Waals surface area contributed by atoms with Gasteiger partial charge in [-0.2, -0.15) is 0 Å². The summed E-state index contributed by atoms with van der Waals surface area (Å²) in [6, 6.07) is 9.20. The van der Waals surface area contributed by atoms with Crippen LogP contribution in [0.5, 0.6) is 17.2 Å². The topological polar surface area (TPSA) is 99.9 Å². The number of nitrogens with one attached hydrogen (secondary N) is 1. The Morgan fingerprint density at radius 2 is 1.71 bits per heavy atom. The zero-order chi connectivity index (χ0) is 20.7. The van der Waals surface area contributed by atoms with Gasteiger partial charge in [-0.15, -0.1) is 0 Å². The van der Waals surface area contributed by atoms with Crippen LogP contribution in [-0.4, -0.2) is 31.2 Å². The first-order valence-electron chi connectivity index (χ1n) is 8.94. The summed E-state index contributed by atoms with van der Waals surface area (Å²) in [7, 11) is 1.34. The van der Waals surface area contributed by atoms with Gasteiger partial charge in [-0.25, -0.2) is 0 Å². The standard InChI is InChI=1S/C20H24N2O6/c1-5-27-18-10-7-14(12-19(18)28-6-2)13(3)21-20(23)15-8-9-17(26-4)16(11-15)22(24)25/h7-13H,5-6H2,1-4H3,(H,21,23)/t13-/m1/s1. The van der Waals surface area contributed by atoms with Crippen LogP contribution in [0.1, 0.15) is 42.7 Å². The van der Waals surface area contributed by atoms with Crippen molar-refractivity contribution in [3.8, 4) is 17.2 Å². The number of methoxy groups -OCH3 is 1. The van der Waals surface area contributed by atoms with E-state index >= 15 is 0 Å². The van der Waals surface area contributed by atoms with E-state index < -0.39 is 10.8 Å². The Bertz CT molecular complexity index is 853. The van der Waals surface area contributed by atoms with Crippen LogP contribution in [0, 0.1) is 10.1 Å². The van der Waals surface area contributed by atoms with Gasteiger partial charge in [0.05, 0.1) is 31.3 Å². The molecule has 0 unspecified atom stereocenters. The molecular weight excluding hydrogens is 364 g/mol. The summed E-state index contributed by atoms with van der Waals surface area (Å²) in [5.41, 5.74) is 0.737. The number of amides is 1. The Morgan fingerprint density at radius 3 is 2.32 bits per heavy atom. The third kappa shape index (κ3) is 4.91. The highest BCUT2D eigenvalue weighted by atomic mass is 16.6. The average molecular weight is 388 g/mol. The third-order valence-corrected chi connectivity index (χ3v) is 4.05. The molecule has 0 fully saturated rings. The second-order valence-corrected chi connectivity index (χ2v) is 5.91. The predicted octanol–water partition coefficient (Wildman–Crippen LogP) is 3.89. The fourth-order valence-corrected chi connectivity index (χ4v) is 2.67. The quantitative estimate of drug-likeness (QED) is 0.517. The summed E-state index contributed by atoms with van der Waals surface area (Å²) in [5.74, 6) is 0.910. The number of hydrogen-bond donors (Lipinski definition) is 1. The lowest BCUT2D eigenvalue weighted by atomic mass is 10.1. The molecule has 2 aromatic carbocycles. The smallest absolute Gasteiger partial charge is 0.311 e. The van der Waals surface area contributed by atoms with Gasteiger partial charge in [-0.05, 0) is 50.6 Å².